The van der Waals surface area contributed by atoms with Gasteiger partial charge in [-0.1, -0.05) is 23.4 Å². The number of imidazole rings is 1. The van der Waals surface area contributed by atoms with Gasteiger partial charge in [0.25, 0.3) is 6.43 Å². The second-order valence-electron chi connectivity index (χ2n) is 5.62. The minimum Gasteiger partial charge on any atom is -0.343 e. The second-order valence-corrected chi connectivity index (χ2v) is 6.66. The molecule has 0 radical (unpaired) electrons. The van der Waals surface area contributed by atoms with Gasteiger partial charge in [-0.3, -0.25) is 4.79 Å². The molecule has 10 heteroatoms. The number of nitrogens with zero attached hydrogens (tertiary/aromatic N) is 4. The first-order chi connectivity index (χ1) is 13.1. The van der Waals surface area contributed by atoms with E-state index in [1.807, 2.05) is 17.5 Å². The largest absolute Gasteiger partial charge is 0.343 e. The molecular formula is C17H13F2N5O2S. The van der Waals surface area contributed by atoms with E-state index in [9.17, 15) is 13.6 Å². The monoisotopic (exact) mass is 389 g/mol. The van der Waals surface area contributed by atoms with Gasteiger partial charge in [0.05, 0.1) is 24.1 Å². The summed E-state index contributed by atoms with van der Waals surface area (Å²) in [5, 5.41) is 8.30. The van der Waals surface area contributed by atoms with Crippen LogP contribution in [0.1, 0.15) is 33.6 Å². The standard InChI is InChI=1S/C17H13F2N5O2S/c18-14(19)15-21-11-5-1-2-6-12(11)24(15)9-13-22-17(26-23-13)16(25)20-8-10-4-3-7-27-10/h1-7,14H,8-9H2,(H,20,25). The number of alkyl halides is 2. The number of nitrogens with one attached hydrogen (secondary N) is 1. The fraction of sp³-hybridized carbons (Fsp3) is 0.176. The molecule has 0 fully saturated rings. The fourth-order valence-electron chi connectivity index (χ4n) is 2.63. The third kappa shape index (κ3) is 3.56. The van der Waals surface area contributed by atoms with Gasteiger partial charge < -0.3 is 14.4 Å². The summed E-state index contributed by atoms with van der Waals surface area (Å²) in [5.41, 5.74) is 0.978. The van der Waals surface area contributed by atoms with Crippen molar-refractivity contribution in [1.29, 1.82) is 0 Å². The van der Waals surface area contributed by atoms with Crippen molar-refractivity contribution in [3.05, 3.63) is 64.2 Å². The van der Waals surface area contributed by atoms with E-state index in [2.05, 4.69) is 20.4 Å². The summed E-state index contributed by atoms with van der Waals surface area (Å²) in [4.78, 5) is 21.1. The average Bonchev–Trinajstić information content (AvgIpc) is 3.40. The van der Waals surface area contributed by atoms with E-state index in [1.165, 1.54) is 15.9 Å². The Morgan fingerprint density at radius 3 is 2.85 bits per heavy atom. The molecule has 27 heavy (non-hydrogen) atoms. The number of carbonyl (C=O) groups excluding carboxylic acids is 1. The van der Waals surface area contributed by atoms with Gasteiger partial charge in [-0.2, -0.15) is 4.98 Å². The number of rotatable bonds is 6. The van der Waals surface area contributed by atoms with Crippen LogP contribution in [-0.2, 0) is 13.1 Å². The molecule has 0 bridgehead atoms. The Bertz CT molecular complexity index is 1070. The van der Waals surface area contributed by atoms with Gasteiger partial charge in [0.2, 0.25) is 0 Å². The van der Waals surface area contributed by atoms with Crippen molar-refractivity contribution in [1.82, 2.24) is 25.0 Å². The van der Waals surface area contributed by atoms with Crippen LogP contribution in [0.5, 0.6) is 0 Å². The third-order valence-electron chi connectivity index (χ3n) is 3.84. The molecule has 0 atom stereocenters. The smallest absolute Gasteiger partial charge is 0.316 e. The number of benzene rings is 1. The molecule has 0 spiro atoms. The highest BCUT2D eigenvalue weighted by molar-refractivity contribution is 7.09. The zero-order valence-corrected chi connectivity index (χ0v) is 14.6. The quantitative estimate of drug-likeness (QED) is 0.546. The molecule has 138 valence electrons. The molecule has 1 N–H and O–H groups in total. The van der Waals surface area contributed by atoms with Gasteiger partial charge in [-0.25, -0.2) is 13.8 Å². The number of halogens is 2. The van der Waals surface area contributed by atoms with Gasteiger partial charge >= 0.3 is 11.8 Å². The van der Waals surface area contributed by atoms with Crippen LogP contribution in [0.4, 0.5) is 8.78 Å². The van der Waals surface area contributed by atoms with Crippen molar-refractivity contribution in [2.45, 2.75) is 19.5 Å². The first-order valence-electron chi connectivity index (χ1n) is 7.98. The summed E-state index contributed by atoms with van der Waals surface area (Å²) >= 11 is 1.51. The highest BCUT2D eigenvalue weighted by Gasteiger charge is 2.21. The Balaban J connectivity index is 1.53. The summed E-state index contributed by atoms with van der Waals surface area (Å²) < 4.78 is 32.9. The molecule has 0 aliphatic rings. The van der Waals surface area contributed by atoms with Gasteiger partial charge in [0.1, 0.15) is 0 Å². The maximum Gasteiger partial charge on any atom is 0.316 e. The molecule has 7 nitrogen and oxygen atoms in total. The van der Waals surface area contributed by atoms with E-state index < -0.39 is 12.3 Å². The minimum atomic E-state index is -2.75. The summed E-state index contributed by atoms with van der Waals surface area (Å²) in [6.07, 6.45) is -2.75. The minimum absolute atomic E-state index is 0.0815. The topological polar surface area (TPSA) is 85.8 Å². The predicted octanol–water partition coefficient (Wildman–Crippen LogP) is 3.40. The summed E-state index contributed by atoms with van der Waals surface area (Å²) in [7, 11) is 0. The molecule has 0 saturated carbocycles. The van der Waals surface area contributed by atoms with Crippen molar-refractivity contribution >= 4 is 28.3 Å². The molecule has 0 saturated heterocycles. The number of hydrogen-bond donors (Lipinski definition) is 1. The van der Waals surface area contributed by atoms with Gasteiger partial charge in [0.15, 0.2) is 11.6 Å². The molecule has 4 rings (SSSR count). The van der Waals surface area contributed by atoms with Crippen molar-refractivity contribution in [3.8, 4) is 0 Å². The maximum atomic E-state index is 13.3. The lowest BCUT2D eigenvalue weighted by Crippen LogP contribution is -2.22. The van der Waals surface area contributed by atoms with Crippen LogP contribution < -0.4 is 5.32 Å². The van der Waals surface area contributed by atoms with Crippen LogP contribution >= 0.6 is 11.3 Å². The van der Waals surface area contributed by atoms with Gasteiger partial charge in [0, 0.05) is 4.88 Å². The maximum absolute atomic E-state index is 13.3. The lowest BCUT2D eigenvalue weighted by molar-refractivity contribution is 0.0907. The van der Waals surface area contributed by atoms with Crippen molar-refractivity contribution in [2.24, 2.45) is 0 Å². The number of para-hydroxylation sites is 2. The van der Waals surface area contributed by atoms with Crippen LogP contribution in [0.25, 0.3) is 11.0 Å². The molecule has 1 amide bonds. The number of amides is 1. The number of hydrogen-bond acceptors (Lipinski definition) is 6. The summed E-state index contributed by atoms with van der Waals surface area (Å²) in [6, 6.07) is 10.6. The Morgan fingerprint density at radius 1 is 1.22 bits per heavy atom. The van der Waals surface area contributed by atoms with Crippen LogP contribution in [-0.4, -0.2) is 25.6 Å². The molecule has 3 heterocycles. The molecule has 4 aromatic rings. The summed E-state index contributed by atoms with van der Waals surface area (Å²) in [6.45, 7) is 0.262. The van der Waals surface area contributed by atoms with Crippen molar-refractivity contribution < 1.29 is 18.1 Å². The normalized spacial score (nSPS) is 11.4. The number of thiophene rings is 1. The van der Waals surface area contributed by atoms with Crippen LogP contribution in [0, 0.1) is 0 Å². The highest BCUT2D eigenvalue weighted by atomic mass is 32.1. The molecule has 1 aromatic carbocycles. The Morgan fingerprint density at radius 2 is 2.07 bits per heavy atom. The van der Waals surface area contributed by atoms with Crippen molar-refractivity contribution in [2.75, 3.05) is 0 Å². The van der Waals surface area contributed by atoms with E-state index in [4.69, 9.17) is 4.52 Å². The first-order valence-corrected chi connectivity index (χ1v) is 8.86. The highest BCUT2D eigenvalue weighted by Crippen LogP contribution is 2.24. The number of carbonyl (C=O) groups is 1. The molecule has 3 aromatic heterocycles. The molecular weight excluding hydrogens is 376 g/mol. The fourth-order valence-corrected chi connectivity index (χ4v) is 3.28. The second kappa shape index (κ2) is 7.23. The van der Waals surface area contributed by atoms with Crippen LogP contribution in [0.2, 0.25) is 0 Å². The molecule has 0 unspecified atom stereocenters. The molecule has 0 aliphatic heterocycles. The van der Waals surface area contributed by atoms with Gasteiger partial charge in [-0.15, -0.1) is 11.3 Å². The zero-order chi connectivity index (χ0) is 18.8. The van der Waals surface area contributed by atoms with E-state index >= 15 is 0 Å². The van der Waals surface area contributed by atoms with E-state index in [0.717, 1.165) is 4.88 Å². The lowest BCUT2D eigenvalue weighted by Gasteiger charge is -2.05. The molecule has 0 aliphatic carbocycles. The van der Waals surface area contributed by atoms with E-state index in [-0.39, 0.29) is 24.1 Å². The van der Waals surface area contributed by atoms with Gasteiger partial charge in [-0.05, 0) is 23.6 Å². The number of aromatic nitrogens is 4. The number of fused-ring (bicyclic) bond motifs is 1. The lowest BCUT2D eigenvalue weighted by atomic mass is 10.3. The predicted molar refractivity (Wildman–Crippen MR) is 93.6 cm³/mol. The van der Waals surface area contributed by atoms with Crippen LogP contribution in [0.15, 0.2) is 46.3 Å². The van der Waals surface area contributed by atoms with E-state index in [0.29, 0.717) is 17.6 Å². The van der Waals surface area contributed by atoms with E-state index in [1.54, 1.807) is 24.3 Å². The SMILES string of the molecule is O=C(NCc1cccs1)c1nc(Cn2c(C(F)F)nc3ccccc32)no1. The Labute approximate surface area is 155 Å². The third-order valence-corrected chi connectivity index (χ3v) is 4.72. The Kier molecular flexibility index (Phi) is 4.63. The van der Waals surface area contributed by atoms with Crippen LogP contribution in [0.3, 0.4) is 0 Å². The average molecular weight is 389 g/mol. The Hall–Kier alpha value is -3.14. The van der Waals surface area contributed by atoms with Crippen molar-refractivity contribution in [3.63, 3.8) is 0 Å². The first kappa shape index (κ1) is 17.3. The zero-order valence-electron chi connectivity index (χ0n) is 13.8. The summed E-state index contributed by atoms with van der Waals surface area (Å²) in [5.74, 6) is -1.01.